The third kappa shape index (κ3) is 2.05. The van der Waals surface area contributed by atoms with E-state index in [9.17, 15) is 0 Å². The molecule has 1 heteroatoms. The van der Waals surface area contributed by atoms with Crippen molar-refractivity contribution >= 4 is 5.69 Å². The Morgan fingerprint density at radius 2 is 1.55 bits per heavy atom. The molecule has 0 spiro atoms. The van der Waals surface area contributed by atoms with Gasteiger partial charge in [0.15, 0.2) is 5.69 Å². The molecule has 11 heavy (non-hydrogen) atoms. The smallest absolute Gasteiger partial charge is 0.135 e. The Labute approximate surface area is 68.7 Å². The summed E-state index contributed by atoms with van der Waals surface area (Å²) in [5.74, 6) is 0. The van der Waals surface area contributed by atoms with Crippen LogP contribution in [0.4, 0.5) is 5.69 Å². The van der Waals surface area contributed by atoms with E-state index in [0.29, 0.717) is 0 Å². The number of hydrogen-bond acceptors (Lipinski definition) is 1. The highest BCUT2D eigenvalue weighted by atomic mass is 15.1. The van der Waals surface area contributed by atoms with Crippen molar-refractivity contribution in [2.75, 3.05) is 13.1 Å². The highest BCUT2D eigenvalue weighted by Crippen LogP contribution is 2.10. The first kappa shape index (κ1) is 8.28. The standard InChI is InChI=1S/C10H15N/c1-3-11(4-2)10-8-6-5-7-9-10/h5-9H,3-4H2,1-2H3/q+1. The molecule has 0 bridgehead atoms. The van der Waals surface area contributed by atoms with E-state index in [-0.39, 0.29) is 0 Å². The van der Waals surface area contributed by atoms with Gasteiger partial charge in [-0.25, -0.2) is 0 Å². The van der Waals surface area contributed by atoms with Gasteiger partial charge < -0.3 is 0 Å². The number of para-hydroxylation sites is 1. The SMILES string of the molecule is CC[N+](CC)c1ccccc1. The topological polar surface area (TPSA) is 5.90 Å². The van der Waals surface area contributed by atoms with E-state index in [1.54, 1.807) is 0 Å². The molecule has 0 saturated carbocycles. The lowest BCUT2D eigenvalue weighted by Crippen LogP contribution is -2.22. The van der Waals surface area contributed by atoms with E-state index in [0.717, 1.165) is 13.1 Å². The third-order valence-electron chi connectivity index (χ3n) is 1.88. The maximum Gasteiger partial charge on any atom is 0.180 e. The minimum Gasteiger partial charge on any atom is -0.135 e. The Morgan fingerprint density at radius 3 is 2.00 bits per heavy atom. The summed E-state index contributed by atoms with van der Waals surface area (Å²) in [6.45, 7) is 6.52. The number of benzene rings is 1. The fraction of sp³-hybridized carbons (Fsp3) is 0.400. The van der Waals surface area contributed by atoms with E-state index in [2.05, 4.69) is 43.0 Å². The van der Waals surface area contributed by atoms with Crippen LogP contribution in [0.1, 0.15) is 13.8 Å². The van der Waals surface area contributed by atoms with Gasteiger partial charge in [-0.05, 0) is 13.8 Å². The van der Waals surface area contributed by atoms with Gasteiger partial charge in [0.1, 0.15) is 13.1 Å². The van der Waals surface area contributed by atoms with Crippen LogP contribution in [0.25, 0.3) is 0 Å². The Kier molecular flexibility index (Phi) is 3.12. The molecule has 1 nitrogen and oxygen atoms in total. The monoisotopic (exact) mass is 149 g/mol. The van der Waals surface area contributed by atoms with Crippen molar-refractivity contribution in [3.8, 4) is 0 Å². The normalized spacial score (nSPS) is 10.5. The van der Waals surface area contributed by atoms with E-state index in [1.807, 2.05) is 6.07 Å². The summed E-state index contributed by atoms with van der Waals surface area (Å²) < 4.78 is 0. The summed E-state index contributed by atoms with van der Waals surface area (Å²) in [4.78, 5) is 2.33. The number of hydrogen-bond donors (Lipinski definition) is 0. The minimum atomic E-state index is 1.08. The molecular formula is C10H15N+. The summed E-state index contributed by atoms with van der Waals surface area (Å²) in [7, 11) is 0. The molecular weight excluding hydrogens is 134 g/mol. The first-order valence-corrected chi connectivity index (χ1v) is 4.18. The highest BCUT2D eigenvalue weighted by Gasteiger charge is 2.10. The van der Waals surface area contributed by atoms with Crippen LogP contribution in [0.5, 0.6) is 0 Å². The summed E-state index contributed by atoms with van der Waals surface area (Å²) >= 11 is 0. The molecule has 1 radical (unpaired) electrons. The molecule has 0 aliphatic heterocycles. The van der Waals surface area contributed by atoms with Crippen LogP contribution in [0, 0.1) is 0 Å². The Balaban J connectivity index is 2.74. The maximum absolute atomic E-state index is 2.33. The fourth-order valence-electron chi connectivity index (χ4n) is 1.23. The molecule has 0 N–H and O–H groups in total. The second kappa shape index (κ2) is 4.14. The van der Waals surface area contributed by atoms with Gasteiger partial charge in [0.2, 0.25) is 0 Å². The van der Waals surface area contributed by atoms with Gasteiger partial charge >= 0.3 is 0 Å². The largest absolute Gasteiger partial charge is 0.180 e. The van der Waals surface area contributed by atoms with Crippen LogP contribution >= 0.6 is 0 Å². The Morgan fingerprint density at radius 1 is 1.00 bits per heavy atom. The lowest BCUT2D eigenvalue weighted by Gasteiger charge is -2.05. The zero-order chi connectivity index (χ0) is 8.10. The van der Waals surface area contributed by atoms with Crippen molar-refractivity contribution in [1.29, 1.82) is 0 Å². The van der Waals surface area contributed by atoms with E-state index < -0.39 is 0 Å². The Hall–Kier alpha value is -0.820. The van der Waals surface area contributed by atoms with Crippen LogP contribution in [0.2, 0.25) is 0 Å². The first-order valence-electron chi connectivity index (χ1n) is 4.18. The molecule has 0 aromatic heterocycles. The lowest BCUT2D eigenvalue weighted by molar-refractivity contribution is 0.583. The van der Waals surface area contributed by atoms with Gasteiger partial charge in [-0.2, -0.15) is 0 Å². The number of nitrogens with zero attached hydrogens (tertiary/aromatic N) is 1. The molecule has 0 atom stereocenters. The summed E-state index contributed by atoms with van der Waals surface area (Å²) in [5.41, 5.74) is 1.32. The average Bonchev–Trinajstić information content (AvgIpc) is 2.09. The van der Waals surface area contributed by atoms with Crippen LogP contribution < -0.4 is 4.90 Å². The second-order valence-electron chi connectivity index (χ2n) is 2.51. The zero-order valence-electron chi connectivity index (χ0n) is 7.25. The van der Waals surface area contributed by atoms with Crippen molar-refractivity contribution in [1.82, 2.24) is 4.90 Å². The van der Waals surface area contributed by atoms with Crippen molar-refractivity contribution in [2.24, 2.45) is 0 Å². The van der Waals surface area contributed by atoms with Gasteiger partial charge in [-0.1, -0.05) is 18.2 Å². The predicted octanol–water partition coefficient (Wildman–Crippen LogP) is 2.50. The molecule has 0 aliphatic carbocycles. The number of anilines is 1. The molecule has 0 amide bonds. The molecule has 1 rings (SSSR count). The molecule has 1 aromatic carbocycles. The fourth-order valence-corrected chi connectivity index (χ4v) is 1.23. The van der Waals surface area contributed by atoms with Crippen LogP contribution in [0.3, 0.4) is 0 Å². The lowest BCUT2D eigenvalue weighted by atomic mass is 10.3. The van der Waals surface area contributed by atoms with E-state index in [4.69, 9.17) is 0 Å². The van der Waals surface area contributed by atoms with Crippen molar-refractivity contribution in [3.63, 3.8) is 0 Å². The molecule has 0 heterocycles. The maximum atomic E-state index is 2.33. The van der Waals surface area contributed by atoms with Crippen molar-refractivity contribution in [2.45, 2.75) is 13.8 Å². The third-order valence-corrected chi connectivity index (χ3v) is 1.88. The minimum absolute atomic E-state index is 1.08. The van der Waals surface area contributed by atoms with Crippen LogP contribution in [-0.4, -0.2) is 13.1 Å². The predicted molar refractivity (Wildman–Crippen MR) is 49.3 cm³/mol. The quantitative estimate of drug-likeness (QED) is 0.582. The van der Waals surface area contributed by atoms with E-state index >= 15 is 0 Å². The molecule has 0 saturated heterocycles. The van der Waals surface area contributed by atoms with Gasteiger partial charge in [-0.3, -0.25) is 0 Å². The molecule has 0 aliphatic rings. The average molecular weight is 149 g/mol. The first-order chi connectivity index (χ1) is 5.38. The zero-order valence-corrected chi connectivity index (χ0v) is 7.25. The highest BCUT2D eigenvalue weighted by molar-refractivity contribution is 5.37. The summed E-state index contributed by atoms with van der Waals surface area (Å²) in [5, 5.41) is 0. The van der Waals surface area contributed by atoms with Crippen molar-refractivity contribution in [3.05, 3.63) is 30.3 Å². The Bertz CT molecular complexity index is 189. The van der Waals surface area contributed by atoms with Gasteiger partial charge in [-0.15, -0.1) is 4.90 Å². The van der Waals surface area contributed by atoms with Crippen LogP contribution in [0.15, 0.2) is 30.3 Å². The number of rotatable bonds is 3. The van der Waals surface area contributed by atoms with Crippen LogP contribution in [-0.2, 0) is 0 Å². The van der Waals surface area contributed by atoms with Gasteiger partial charge in [0.25, 0.3) is 0 Å². The van der Waals surface area contributed by atoms with Gasteiger partial charge in [0, 0.05) is 12.1 Å². The molecule has 0 unspecified atom stereocenters. The van der Waals surface area contributed by atoms with E-state index in [1.165, 1.54) is 5.69 Å². The molecule has 0 fully saturated rings. The van der Waals surface area contributed by atoms with Gasteiger partial charge in [0.05, 0.1) is 0 Å². The molecule has 1 aromatic rings. The summed E-state index contributed by atoms with van der Waals surface area (Å²) in [6, 6.07) is 10.5. The van der Waals surface area contributed by atoms with Crippen molar-refractivity contribution < 1.29 is 0 Å². The summed E-state index contributed by atoms with van der Waals surface area (Å²) in [6.07, 6.45) is 0. The molecule has 59 valence electrons. The second-order valence-corrected chi connectivity index (χ2v) is 2.51.